The van der Waals surface area contributed by atoms with Crippen LogP contribution in [-0.4, -0.2) is 25.7 Å². The van der Waals surface area contributed by atoms with E-state index in [0.29, 0.717) is 28.1 Å². The number of nitrogens with one attached hydrogen (secondary N) is 1. The zero-order valence-corrected chi connectivity index (χ0v) is 15.2. The molecule has 0 radical (unpaired) electrons. The summed E-state index contributed by atoms with van der Waals surface area (Å²) in [4.78, 5) is 29.1. The fourth-order valence-electron chi connectivity index (χ4n) is 2.69. The van der Waals surface area contributed by atoms with Gasteiger partial charge in [0.2, 0.25) is 5.13 Å². The number of para-hydroxylation sites is 1. The molecule has 1 amide bonds. The molecule has 0 bridgehead atoms. The second-order valence-electron chi connectivity index (χ2n) is 5.97. The van der Waals surface area contributed by atoms with Crippen LogP contribution in [-0.2, 0) is 6.54 Å². The number of nitrogens with zero attached hydrogens (tertiary/aromatic N) is 4. The van der Waals surface area contributed by atoms with Gasteiger partial charge in [-0.15, -0.1) is 10.2 Å². The Bertz CT molecular complexity index is 1180. The first kappa shape index (κ1) is 17.0. The van der Waals surface area contributed by atoms with Crippen molar-refractivity contribution in [1.29, 1.82) is 0 Å². The van der Waals surface area contributed by atoms with Crippen molar-refractivity contribution in [3.05, 3.63) is 81.3 Å². The molecule has 0 unspecified atom stereocenters. The molecule has 0 aliphatic carbocycles. The monoisotopic (exact) mass is 377 g/mol. The standard InChI is InChI=1S/C19H15N5O2S/c1-12-22-23-19(27-12)21-17(25)14-8-6-13(7-9-14)10-24-11-20-16-5-3-2-4-15(16)18(24)26/h2-9,11H,10H2,1H3,(H,21,23,25). The van der Waals surface area contributed by atoms with Crippen molar-refractivity contribution in [2.75, 3.05) is 5.32 Å². The number of carbonyl (C=O) groups is 1. The molecule has 7 nitrogen and oxygen atoms in total. The molecule has 1 N–H and O–H groups in total. The number of aromatic nitrogens is 4. The summed E-state index contributed by atoms with van der Waals surface area (Å²) >= 11 is 1.32. The molecule has 27 heavy (non-hydrogen) atoms. The van der Waals surface area contributed by atoms with E-state index in [-0.39, 0.29) is 11.5 Å². The summed E-state index contributed by atoms with van der Waals surface area (Å²) in [6, 6.07) is 14.3. The molecule has 4 aromatic rings. The van der Waals surface area contributed by atoms with Crippen LogP contribution in [0, 0.1) is 6.92 Å². The van der Waals surface area contributed by atoms with E-state index in [4.69, 9.17) is 0 Å². The predicted molar refractivity (Wildman–Crippen MR) is 104 cm³/mol. The van der Waals surface area contributed by atoms with E-state index in [1.54, 1.807) is 29.1 Å². The van der Waals surface area contributed by atoms with Crippen molar-refractivity contribution in [1.82, 2.24) is 19.7 Å². The molecule has 0 aliphatic heterocycles. The summed E-state index contributed by atoms with van der Waals surface area (Å²) in [5.74, 6) is -0.248. The second-order valence-corrected chi connectivity index (χ2v) is 7.15. The minimum absolute atomic E-state index is 0.0888. The molecule has 0 fully saturated rings. The van der Waals surface area contributed by atoms with Crippen LogP contribution in [0.4, 0.5) is 5.13 Å². The van der Waals surface area contributed by atoms with Gasteiger partial charge in [0.15, 0.2) is 0 Å². The van der Waals surface area contributed by atoms with Crippen LogP contribution in [0.3, 0.4) is 0 Å². The van der Waals surface area contributed by atoms with Crippen molar-refractivity contribution < 1.29 is 4.79 Å². The van der Waals surface area contributed by atoms with Crippen LogP contribution in [0.1, 0.15) is 20.9 Å². The summed E-state index contributed by atoms with van der Waals surface area (Å²) in [5.41, 5.74) is 2.00. The fourth-order valence-corrected chi connectivity index (χ4v) is 3.28. The van der Waals surface area contributed by atoms with Crippen molar-refractivity contribution in [2.45, 2.75) is 13.5 Å². The lowest BCUT2D eigenvalue weighted by Gasteiger charge is -2.08. The normalized spacial score (nSPS) is 10.9. The minimum atomic E-state index is -0.248. The maximum atomic E-state index is 12.6. The smallest absolute Gasteiger partial charge is 0.261 e. The highest BCUT2D eigenvalue weighted by Gasteiger charge is 2.10. The molecule has 8 heteroatoms. The van der Waals surface area contributed by atoms with Crippen molar-refractivity contribution in [2.24, 2.45) is 0 Å². The second kappa shape index (κ2) is 7.08. The lowest BCUT2D eigenvalue weighted by molar-refractivity contribution is 0.102. The molecule has 0 atom stereocenters. The third-order valence-corrected chi connectivity index (χ3v) is 4.80. The van der Waals surface area contributed by atoms with Gasteiger partial charge in [-0.3, -0.25) is 19.5 Å². The molecule has 0 saturated heterocycles. The molecule has 0 saturated carbocycles. The van der Waals surface area contributed by atoms with Crippen LogP contribution >= 0.6 is 11.3 Å². The average molecular weight is 377 g/mol. The molecule has 2 heterocycles. The zero-order valence-electron chi connectivity index (χ0n) is 14.4. The van der Waals surface area contributed by atoms with Crippen LogP contribution in [0.15, 0.2) is 59.7 Å². The van der Waals surface area contributed by atoms with Gasteiger partial charge in [0, 0.05) is 5.56 Å². The van der Waals surface area contributed by atoms with Gasteiger partial charge in [-0.25, -0.2) is 4.98 Å². The molecule has 2 aromatic carbocycles. The Balaban J connectivity index is 1.52. The van der Waals surface area contributed by atoms with Gasteiger partial charge in [-0.1, -0.05) is 35.6 Å². The number of hydrogen-bond acceptors (Lipinski definition) is 6. The Morgan fingerprint density at radius 2 is 1.89 bits per heavy atom. The maximum Gasteiger partial charge on any atom is 0.261 e. The number of benzene rings is 2. The van der Waals surface area contributed by atoms with Gasteiger partial charge in [0.1, 0.15) is 5.01 Å². The Hall–Kier alpha value is -3.39. The van der Waals surface area contributed by atoms with Crippen molar-refractivity contribution in [3.63, 3.8) is 0 Å². The summed E-state index contributed by atoms with van der Waals surface area (Å²) in [7, 11) is 0. The van der Waals surface area contributed by atoms with E-state index in [1.807, 2.05) is 37.3 Å². The number of fused-ring (bicyclic) bond motifs is 1. The summed E-state index contributed by atoms with van der Waals surface area (Å²) in [6.07, 6.45) is 1.54. The summed E-state index contributed by atoms with van der Waals surface area (Å²) in [6.45, 7) is 2.21. The first-order valence-electron chi connectivity index (χ1n) is 8.25. The van der Waals surface area contributed by atoms with Gasteiger partial charge in [-0.05, 0) is 36.8 Å². The van der Waals surface area contributed by atoms with Gasteiger partial charge in [-0.2, -0.15) is 0 Å². The molecule has 2 aromatic heterocycles. The van der Waals surface area contributed by atoms with E-state index in [9.17, 15) is 9.59 Å². The van der Waals surface area contributed by atoms with E-state index in [2.05, 4.69) is 20.5 Å². The Kier molecular flexibility index (Phi) is 4.47. The summed E-state index contributed by atoms with van der Waals surface area (Å²) < 4.78 is 1.56. The van der Waals surface area contributed by atoms with E-state index in [1.165, 1.54) is 11.3 Å². The number of carbonyl (C=O) groups excluding carboxylic acids is 1. The van der Waals surface area contributed by atoms with Crippen molar-refractivity contribution in [3.8, 4) is 0 Å². The topological polar surface area (TPSA) is 89.8 Å². The third kappa shape index (κ3) is 3.61. The van der Waals surface area contributed by atoms with E-state index < -0.39 is 0 Å². The molecule has 0 spiro atoms. The van der Waals surface area contributed by atoms with Gasteiger partial charge >= 0.3 is 0 Å². The Labute approximate surface area is 158 Å². The van der Waals surface area contributed by atoms with Crippen LogP contribution in [0.25, 0.3) is 10.9 Å². The quantitative estimate of drug-likeness (QED) is 0.591. The summed E-state index contributed by atoms with van der Waals surface area (Å²) in [5, 5.41) is 12.3. The molecular weight excluding hydrogens is 362 g/mol. The first-order chi connectivity index (χ1) is 13.1. The van der Waals surface area contributed by atoms with E-state index >= 15 is 0 Å². The molecular formula is C19H15N5O2S. The highest BCUT2D eigenvalue weighted by atomic mass is 32.1. The number of rotatable bonds is 4. The number of amides is 1. The molecule has 134 valence electrons. The Morgan fingerprint density at radius 1 is 1.11 bits per heavy atom. The maximum absolute atomic E-state index is 12.6. The van der Waals surface area contributed by atoms with Crippen LogP contribution in [0.2, 0.25) is 0 Å². The van der Waals surface area contributed by atoms with Gasteiger partial charge in [0.05, 0.1) is 23.8 Å². The highest BCUT2D eigenvalue weighted by Crippen LogP contribution is 2.15. The largest absolute Gasteiger partial charge is 0.296 e. The van der Waals surface area contributed by atoms with E-state index in [0.717, 1.165) is 10.6 Å². The van der Waals surface area contributed by atoms with Crippen LogP contribution < -0.4 is 10.9 Å². The number of anilines is 1. The fraction of sp³-hybridized carbons (Fsp3) is 0.105. The predicted octanol–water partition coefficient (Wildman–Crippen LogP) is 2.86. The van der Waals surface area contributed by atoms with Crippen molar-refractivity contribution >= 4 is 33.3 Å². The lowest BCUT2D eigenvalue weighted by atomic mass is 10.1. The van der Waals surface area contributed by atoms with Gasteiger partial charge < -0.3 is 0 Å². The Morgan fingerprint density at radius 3 is 2.63 bits per heavy atom. The zero-order chi connectivity index (χ0) is 18.8. The molecule has 0 aliphatic rings. The van der Waals surface area contributed by atoms with Gasteiger partial charge in [0.25, 0.3) is 11.5 Å². The number of hydrogen-bond donors (Lipinski definition) is 1. The SMILES string of the molecule is Cc1nnc(NC(=O)c2ccc(Cn3cnc4ccccc4c3=O)cc2)s1. The molecule has 4 rings (SSSR count). The average Bonchev–Trinajstić information content (AvgIpc) is 3.09. The first-order valence-corrected chi connectivity index (χ1v) is 9.06. The highest BCUT2D eigenvalue weighted by molar-refractivity contribution is 7.15. The number of aryl methyl sites for hydroxylation is 1. The third-order valence-electron chi connectivity index (χ3n) is 4.05. The minimum Gasteiger partial charge on any atom is -0.296 e. The van der Waals surface area contributed by atoms with Crippen LogP contribution in [0.5, 0.6) is 0 Å². The lowest BCUT2D eigenvalue weighted by Crippen LogP contribution is -2.21.